The van der Waals surface area contributed by atoms with Crippen LogP contribution in [0.5, 0.6) is 0 Å². The van der Waals surface area contributed by atoms with Gasteiger partial charge in [0.1, 0.15) is 11.5 Å². The molecule has 9 nitrogen and oxygen atoms in total. The molecule has 178 valence electrons. The van der Waals surface area contributed by atoms with Gasteiger partial charge in [0.2, 0.25) is 5.91 Å². The number of alkyl carbamates (subject to hydrolysis) is 1. The molecule has 0 unspecified atom stereocenters. The molecule has 2 aromatic rings. The Balaban J connectivity index is 1.78. The number of pyridine rings is 1. The average Bonchev–Trinajstić information content (AvgIpc) is 3.23. The molecule has 2 N–H and O–H groups in total. The van der Waals surface area contributed by atoms with Crippen LogP contribution in [0.1, 0.15) is 50.4 Å². The SMILES string of the molecule is CNC(=O)OCCCc1ccnc(-c2nc3c(c(N(C)CC(=O)NC(C)(C)C)n2)CCC3)c1. The van der Waals surface area contributed by atoms with Crippen LogP contribution in [0.2, 0.25) is 0 Å². The number of carbonyl (C=O) groups is 2. The predicted molar refractivity (Wildman–Crippen MR) is 127 cm³/mol. The van der Waals surface area contributed by atoms with Crippen molar-refractivity contribution in [2.24, 2.45) is 0 Å². The van der Waals surface area contributed by atoms with Crippen molar-refractivity contribution in [3.63, 3.8) is 0 Å². The third-order valence-electron chi connectivity index (χ3n) is 5.27. The lowest BCUT2D eigenvalue weighted by molar-refractivity contribution is -0.121. The van der Waals surface area contributed by atoms with Crippen LogP contribution >= 0.6 is 0 Å². The van der Waals surface area contributed by atoms with Crippen LogP contribution in [0.25, 0.3) is 11.5 Å². The lowest BCUT2D eigenvalue weighted by Crippen LogP contribution is -2.45. The normalized spacial score (nSPS) is 12.8. The van der Waals surface area contributed by atoms with Crippen molar-refractivity contribution in [2.75, 3.05) is 32.1 Å². The van der Waals surface area contributed by atoms with E-state index in [0.29, 0.717) is 24.5 Å². The first-order valence-electron chi connectivity index (χ1n) is 11.4. The van der Waals surface area contributed by atoms with Crippen molar-refractivity contribution < 1.29 is 14.3 Å². The summed E-state index contributed by atoms with van der Waals surface area (Å²) < 4.78 is 5.05. The Kier molecular flexibility index (Phi) is 7.84. The smallest absolute Gasteiger partial charge is 0.406 e. The number of ether oxygens (including phenoxy) is 1. The van der Waals surface area contributed by atoms with E-state index < -0.39 is 6.09 Å². The van der Waals surface area contributed by atoms with Crippen LogP contribution in [0.3, 0.4) is 0 Å². The molecule has 0 saturated carbocycles. The van der Waals surface area contributed by atoms with Gasteiger partial charge < -0.3 is 20.3 Å². The summed E-state index contributed by atoms with van der Waals surface area (Å²) in [7, 11) is 3.43. The molecule has 33 heavy (non-hydrogen) atoms. The van der Waals surface area contributed by atoms with Crippen LogP contribution in [0, 0.1) is 0 Å². The zero-order chi connectivity index (χ0) is 24.0. The zero-order valence-electron chi connectivity index (χ0n) is 20.2. The number of amides is 2. The summed E-state index contributed by atoms with van der Waals surface area (Å²) in [5.41, 5.74) is 3.63. The number of hydrogen-bond acceptors (Lipinski definition) is 7. The van der Waals surface area contributed by atoms with Gasteiger partial charge in [-0.15, -0.1) is 0 Å². The summed E-state index contributed by atoms with van der Waals surface area (Å²) in [4.78, 5) is 39.7. The number of aromatic nitrogens is 3. The molecule has 0 spiro atoms. The average molecular weight is 455 g/mol. The van der Waals surface area contributed by atoms with Gasteiger partial charge in [-0.2, -0.15) is 0 Å². The third kappa shape index (κ3) is 6.87. The number of hydrogen-bond donors (Lipinski definition) is 2. The number of likely N-dealkylation sites (N-methyl/N-ethyl adjacent to an activating group) is 1. The molecule has 1 aliphatic rings. The van der Waals surface area contributed by atoms with Crippen molar-refractivity contribution >= 4 is 17.8 Å². The van der Waals surface area contributed by atoms with E-state index in [0.717, 1.165) is 48.3 Å². The Hall–Kier alpha value is -3.23. The van der Waals surface area contributed by atoms with Crippen LogP contribution < -0.4 is 15.5 Å². The van der Waals surface area contributed by atoms with E-state index in [9.17, 15) is 9.59 Å². The van der Waals surface area contributed by atoms with Gasteiger partial charge in [-0.25, -0.2) is 14.8 Å². The first-order chi connectivity index (χ1) is 15.7. The quantitative estimate of drug-likeness (QED) is 0.590. The standard InChI is InChI=1S/C24H34N6O3/c1-24(2,3)29-20(31)15-30(5)22-17-9-6-10-18(17)27-21(28-22)19-14-16(11-12-26-19)8-7-13-33-23(32)25-4/h11-12,14H,6-10,13,15H2,1-5H3,(H,25,32)(H,29,31). The fourth-order valence-electron chi connectivity index (χ4n) is 3.86. The maximum absolute atomic E-state index is 12.5. The van der Waals surface area contributed by atoms with Crippen molar-refractivity contribution in [1.82, 2.24) is 25.6 Å². The third-order valence-corrected chi connectivity index (χ3v) is 5.27. The largest absolute Gasteiger partial charge is 0.450 e. The second kappa shape index (κ2) is 10.6. The van der Waals surface area contributed by atoms with Crippen molar-refractivity contribution in [3.05, 3.63) is 35.2 Å². The summed E-state index contributed by atoms with van der Waals surface area (Å²) in [6.07, 6.45) is 5.62. The molecular weight excluding hydrogens is 420 g/mol. The maximum Gasteiger partial charge on any atom is 0.406 e. The van der Waals surface area contributed by atoms with E-state index in [1.165, 1.54) is 7.05 Å². The van der Waals surface area contributed by atoms with Crippen molar-refractivity contribution in [2.45, 2.75) is 58.4 Å². The lowest BCUT2D eigenvalue weighted by atomic mass is 10.1. The molecular formula is C24H34N6O3. The first-order valence-corrected chi connectivity index (χ1v) is 11.4. The Morgan fingerprint density at radius 2 is 2.00 bits per heavy atom. The Morgan fingerprint density at radius 1 is 1.21 bits per heavy atom. The highest BCUT2D eigenvalue weighted by Gasteiger charge is 2.24. The number of nitrogens with one attached hydrogen (secondary N) is 2. The summed E-state index contributed by atoms with van der Waals surface area (Å²) in [6, 6.07) is 3.92. The van der Waals surface area contributed by atoms with Crippen LogP contribution in [-0.2, 0) is 28.8 Å². The van der Waals surface area contributed by atoms with Crippen molar-refractivity contribution in [3.8, 4) is 11.5 Å². The molecule has 2 heterocycles. The molecule has 0 saturated heterocycles. The fraction of sp³-hybridized carbons (Fsp3) is 0.542. The molecule has 3 rings (SSSR count). The molecule has 0 aliphatic heterocycles. The van der Waals surface area contributed by atoms with E-state index >= 15 is 0 Å². The van der Waals surface area contributed by atoms with Crippen LogP contribution in [0.15, 0.2) is 18.3 Å². The Bertz CT molecular complexity index is 1000. The monoisotopic (exact) mass is 454 g/mol. The second-order valence-electron chi connectivity index (χ2n) is 9.34. The zero-order valence-corrected chi connectivity index (χ0v) is 20.2. The summed E-state index contributed by atoms with van der Waals surface area (Å²) in [5.74, 6) is 1.32. The molecule has 0 aromatic carbocycles. The van der Waals surface area contributed by atoms with Crippen molar-refractivity contribution in [1.29, 1.82) is 0 Å². The summed E-state index contributed by atoms with van der Waals surface area (Å²) in [6.45, 7) is 6.47. The van der Waals surface area contributed by atoms with Gasteiger partial charge in [-0.1, -0.05) is 0 Å². The van der Waals surface area contributed by atoms with Crippen LogP contribution in [-0.4, -0.2) is 59.7 Å². The molecule has 9 heteroatoms. The van der Waals surface area contributed by atoms with E-state index in [2.05, 4.69) is 15.6 Å². The lowest BCUT2D eigenvalue weighted by Gasteiger charge is -2.25. The van der Waals surface area contributed by atoms with Gasteiger partial charge in [0.15, 0.2) is 5.82 Å². The highest BCUT2D eigenvalue weighted by Crippen LogP contribution is 2.30. The molecule has 2 amide bonds. The first kappa shape index (κ1) is 24.4. The van der Waals surface area contributed by atoms with E-state index in [1.54, 1.807) is 6.20 Å². The minimum atomic E-state index is -0.426. The number of carbonyl (C=O) groups excluding carboxylic acids is 2. The van der Waals surface area contributed by atoms with E-state index in [4.69, 9.17) is 14.7 Å². The van der Waals surface area contributed by atoms with Gasteiger partial charge in [-0.05, 0) is 70.6 Å². The molecule has 0 atom stereocenters. The summed E-state index contributed by atoms with van der Waals surface area (Å²) in [5, 5.41) is 5.44. The minimum Gasteiger partial charge on any atom is -0.450 e. The van der Waals surface area contributed by atoms with Gasteiger partial charge in [0.05, 0.1) is 13.2 Å². The Labute approximate surface area is 195 Å². The van der Waals surface area contributed by atoms with Gasteiger partial charge in [0.25, 0.3) is 0 Å². The number of aryl methyl sites for hydroxylation is 2. The van der Waals surface area contributed by atoms with Gasteiger partial charge in [-0.3, -0.25) is 9.78 Å². The van der Waals surface area contributed by atoms with Gasteiger partial charge in [0, 0.05) is 37.1 Å². The topological polar surface area (TPSA) is 109 Å². The molecule has 0 fully saturated rings. The van der Waals surface area contributed by atoms with Crippen LogP contribution in [0.4, 0.5) is 10.6 Å². The second-order valence-corrected chi connectivity index (χ2v) is 9.34. The maximum atomic E-state index is 12.5. The highest BCUT2D eigenvalue weighted by molar-refractivity contribution is 5.82. The number of fused-ring (bicyclic) bond motifs is 1. The highest BCUT2D eigenvalue weighted by atomic mass is 16.5. The fourth-order valence-corrected chi connectivity index (χ4v) is 3.86. The summed E-state index contributed by atoms with van der Waals surface area (Å²) >= 11 is 0. The number of nitrogens with zero attached hydrogens (tertiary/aromatic N) is 4. The molecule has 1 aliphatic carbocycles. The van der Waals surface area contributed by atoms with E-state index in [1.807, 2.05) is 44.9 Å². The predicted octanol–water partition coefficient (Wildman–Crippen LogP) is 2.67. The number of anilines is 1. The molecule has 0 radical (unpaired) electrons. The Morgan fingerprint density at radius 3 is 2.73 bits per heavy atom. The molecule has 0 bridgehead atoms. The van der Waals surface area contributed by atoms with Gasteiger partial charge >= 0.3 is 6.09 Å². The van der Waals surface area contributed by atoms with E-state index in [-0.39, 0.29) is 18.0 Å². The minimum absolute atomic E-state index is 0.0454. The number of rotatable bonds is 8. The molecule has 2 aromatic heterocycles.